The Hall–Kier alpha value is -2.65. The van der Waals surface area contributed by atoms with Crippen LogP contribution in [0.25, 0.3) is 0 Å². The average molecular weight is 526 g/mol. The Bertz CT molecular complexity index is 1270. The summed E-state index contributed by atoms with van der Waals surface area (Å²) in [6.45, 7) is 2.70. The third-order valence-corrected chi connectivity index (χ3v) is 8.85. The zero-order valence-corrected chi connectivity index (χ0v) is 21.4. The summed E-state index contributed by atoms with van der Waals surface area (Å²) in [4.78, 5) is 21.4. The highest BCUT2D eigenvalue weighted by Crippen LogP contribution is 2.51. The van der Waals surface area contributed by atoms with E-state index in [1.54, 1.807) is 0 Å². The first kappa shape index (κ1) is 23.7. The van der Waals surface area contributed by atoms with Crippen LogP contribution < -0.4 is 14.8 Å². The van der Waals surface area contributed by atoms with Crippen molar-refractivity contribution in [2.75, 3.05) is 31.7 Å². The van der Waals surface area contributed by atoms with Crippen molar-refractivity contribution in [3.05, 3.63) is 69.7 Å². The molecule has 9 heteroatoms. The Morgan fingerprint density at radius 2 is 1.97 bits per heavy atom. The van der Waals surface area contributed by atoms with E-state index in [2.05, 4.69) is 21.3 Å². The molecule has 188 valence electrons. The van der Waals surface area contributed by atoms with Crippen molar-refractivity contribution >= 4 is 34.0 Å². The number of aliphatic hydroxyl groups is 1. The summed E-state index contributed by atoms with van der Waals surface area (Å²) in [5, 5.41) is 14.3. The molecule has 3 aliphatic rings. The second-order valence-electron chi connectivity index (χ2n) is 9.78. The second kappa shape index (κ2) is 9.67. The molecule has 3 heterocycles. The number of halogens is 1. The van der Waals surface area contributed by atoms with Crippen LogP contribution in [-0.2, 0) is 10.2 Å². The first-order chi connectivity index (χ1) is 17.5. The van der Waals surface area contributed by atoms with Crippen LogP contribution in [0.2, 0.25) is 5.02 Å². The number of hydrogen-bond acceptors (Lipinski definition) is 7. The molecule has 2 fully saturated rings. The Labute approximate surface area is 219 Å². The van der Waals surface area contributed by atoms with Crippen molar-refractivity contribution in [1.29, 1.82) is 0 Å². The SMILES string of the molecule is O=C(Nc1ncc(C(CN2CCC(O)CC2)c2ccccc2Cl)s1)C1(c2ccc3c(c2)OCO3)CC1. The van der Waals surface area contributed by atoms with E-state index >= 15 is 0 Å². The van der Waals surface area contributed by atoms with Crippen LogP contribution in [0.5, 0.6) is 11.5 Å². The fourth-order valence-corrected chi connectivity index (χ4v) is 6.34. The van der Waals surface area contributed by atoms with Gasteiger partial charge >= 0.3 is 0 Å². The van der Waals surface area contributed by atoms with Gasteiger partial charge in [0.05, 0.1) is 11.5 Å². The molecule has 1 saturated carbocycles. The predicted molar refractivity (Wildman–Crippen MR) is 139 cm³/mol. The molecule has 3 aromatic rings. The lowest BCUT2D eigenvalue weighted by Crippen LogP contribution is -2.38. The van der Waals surface area contributed by atoms with Gasteiger partial charge in [-0.2, -0.15) is 0 Å². The summed E-state index contributed by atoms with van der Waals surface area (Å²) in [5.74, 6) is 1.40. The van der Waals surface area contributed by atoms with Crippen molar-refractivity contribution in [3.8, 4) is 11.5 Å². The van der Waals surface area contributed by atoms with Gasteiger partial charge < -0.3 is 24.8 Å². The van der Waals surface area contributed by atoms with E-state index < -0.39 is 5.41 Å². The smallest absolute Gasteiger partial charge is 0.236 e. The highest BCUT2D eigenvalue weighted by Gasteiger charge is 2.52. The van der Waals surface area contributed by atoms with Gasteiger partial charge in [0.2, 0.25) is 12.7 Å². The molecule has 6 rings (SSSR count). The maximum Gasteiger partial charge on any atom is 0.236 e. The van der Waals surface area contributed by atoms with Gasteiger partial charge in [0.25, 0.3) is 0 Å². The number of aliphatic hydroxyl groups excluding tert-OH is 1. The van der Waals surface area contributed by atoms with Gasteiger partial charge in [-0.3, -0.25) is 4.79 Å². The summed E-state index contributed by atoms with van der Waals surface area (Å²) >= 11 is 8.11. The van der Waals surface area contributed by atoms with Gasteiger partial charge in [-0.25, -0.2) is 4.98 Å². The molecule has 1 atom stereocenters. The molecule has 0 bridgehead atoms. The Morgan fingerprint density at radius 3 is 2.75 bits per heavy atom. The van der Waals surface area contributed by atoms with E-state index in [1.165, 1.54) is 11.3 Å². The van der Waals surface area contributed by atoms with E-state index in [-0.39, 0.29) is 24.7 Å². The first-order valence-electron chi connectivity index (χ1n) is 12.3. The normalized spacial score (nSPS) is 19.7. The molecule has 0 spiro atoms. The van der Waals surface area contributed by atoms with Crippen LogP contribution in [0, 0.1) is 0 Å². The lowest BCUT2D eigenvalue weighted by molar-refractivity contribution is -0.118. The summed E-state index contributed by atoms with van der Waals surface area (Å²) in [6, 6.07) is 13.7. The number of anilines is 1. The van der Waals surface area contributed by atoms with Crippen molar-refractivity contribution in [2.24, 2.45) is 0 Å². The lowest BCUT2D eigenvalue weighted by atomic mass is 9.94. The van der Waals surface area contributed by atoms with Gasteiger partial charge in [-0.1, -0.05) is 35.9 Å². The number of hydrogen-bond donors (Lipinski definition) is 2. The van der Waals surface area contributed by atoms with E-state index in [4.69, 9.17) is 21.1 Å². The molecule has 2 N–H and O–H groups in total. The van der Waals surface area contributed by atoms with Crippen molar-refractivity contribution in [1.82, 2.24) is 9.88 Å². The number of likely N-dealkylation sites (tertiary alicyclic amines) is 1. The third kappa shape index (κ3) is 4.59. The molecule has 1 amide bonds. The molecule has 0 radical (unpaired) electrons. The summed E-state index contributed by atoms with van der Waals surface area (Å²) < 4.78 is 10.9. The molecule has 1 saturated heterocycles. The molecule has 36 heavy (non-hydrogen) atoms. The minimum atomic E-state index is -0.552. The van der Waals surface area contributed by atoms with Crippen LogP contribution >= 0.6 is 22.9 Å². The van der Waals surface area contributed by atoms with E-state index in [0.717, 1.165) is 66.3 Å². The minimum Gasteiger partial charge on any atom is -0.454 e. The average Bonchev–Trinajstić information content (AvgIpc) is 3.34. The number of carbonyl (C=O) groups is 1. The number of benzene rings is 2. The largest absolute Gasteiger partial charge is 0.454 e. The zero-order valence-electron chi connectivity index (χ0n) is 19.8. The fourth-order valence-electron chi connectivity index (χ4n) is 5.15. The highest BCUT2D eigenvalue weighted by atomic mass is 35.5. The summed E-state index contributed by atoms with van der Waals surface area (Å²) in [6.07, 6.45) is 4.78. The number of nitrogens with zero attached hydrogens (tertiary/aromatic N) is 2. The molecule has 2 aliphatic heterocycles. The van der Waals surface area contributed by atoms with Crippen molar-refractivity contribution in [3.63, 3.8) is 0 Å². The van der Waals surface area contributed by atoms with Crippen molar-refractivity contribution in [2.45, 2.75) is 43.1 Å². The van der Waals surface area contributed by atoms with E-state index in [9.17, 15) is 9.90 Å². The van der Waals surface area contributed by atoms with Crippen LogP contribution in [0.1, 0.15) is 47.6 Å². The molecule has 7 nitrogen and oxygen atoms in total. The van der Waals surface area contributed by atoms with Crippen LogP contribution in [-0.4, -0.2) is 53.4 Å². The monoisotopic (exact) mass is 525 g/mol. The number of aromatic nitrogens is 1. The van der Waals surface area contributed by atoms with Crippen molar-refractivity contribution < 1.29 is 19.4 Å². The standard InChI is InChI=1S/C27H28ClN3O4S/c28-21-4-2-1-3-19(21)20(15-31-11-7-18(32)8-12-31)24-14-29-26(36-24)30-25(33)27(9-10-27)17-5-6-22-23(13-17)35-16-34-22/h1-6,13-14,18,20,32H,7-12,15-16H2,(H,29,30,33). The Morgan fingerprint density at radius 1 is 1.19 bits per heavy atom. The number of fused-ring (bicyclic) bond motifs is 1. The minimum absolute atomic E-state index is 0.0286. The maximum absolute atomic E-state index is 13.4. The number of thiazole rings is 1. The van der Waals surface area contributed by atoms with E-state index in [1.807, 2.05) is 42.6 Å². The van der Waals surface area contributed by atoms with Crippen LogP contribution in [0.15, 0.2) is 48.7 Å². The zero-order chi connectivity index (χ0) is 24.7. The van der Waals surface area contributed by atoms with Crippen LogP contribution in [0.4, 0.5) is 5.13 Å². The number of piperidine rings is 1. The molecular weight excluding hydrogens is 498 g/mol. The van der Waals surface area contributed by atoms with E-state index in [0.29, 0.717) is 16.6 Å². The van der Waals surface area contributed by atoms with Crippen LogP contribution in [0.3, 0.4) is 0 Å². The number of nitrogens with one attached hydrogen (secondary N) is 1. The second-order valence-corrected chi connectivity index (χ2v) is 11.2. The number of rotatable bonds is 7. The predicted octanol–water partition coefficient (Wildman–Crippen LogP) is 4.78. The fraction of sp³-hybridized carbons (Fsp3) is 0.407. The lowest BCUT2D eigenvalue weighted by Gasteiger charge is -2.32. The number of amides is 1. The molecule has 2 aromatic carbocycles. The van der Waals surface area contributed by atoms with Gasteiger partial charge in [-0.15, -0.1) is 11.3 Å². The topological polar surface area (TPSA) is 83.9 Å². The quantitative estimate of drug-likeness (QED) is 0.461. The number of ether oxygens (including phenoxy) is 2. The first-order valence-corrected chi connectivity index (χ1v) is 13.5. The van der Waals surface area contributed by atoms with Gasteiger partial charge in [0, 0.05) is 41.6 Å². The molecular formula is C27H28ClN3O4S. The molecule has 1 aliphatic carbocycles. The summed E-state index contributed by atoms with van der Waals surface area (Å²) in [5.41, 5.74) is 1.44. The van der Waals surface area contributed by atoms with Gasteiger partial charge in [0.15, 0.2) is 16.6 Å². The highest BCUT2D eigenvalue weighted by molar-refractivity contribution is 7.15. The maximum atomic E-state index is 13.4. The third-order valence-electron chi connectivity index (χ3n) is 7.48. The number of carbonyl (C=O) groups excluding carboxylic acids is 1. The summed E-state index contributed by atoms with van der Waals surface area (Å²) in [7, 11) is 0. The Balaban J connectivity index is 1.21. The molecule has 1 aromatic heterocycles. The van der Waals surface area contributed by atoms with Gasteiger partial charge in [0.1, 0.15) is 0 Å². The van der Waals surface area contributed by atoms with Gasteiger partial charge in [-0.05, 0) is 55.0 Å². The Kier molecular flexibility index (Phi) is 6.37. The molecule has 1 unspecified atom stereocenters.